The van der Waals surface area contributed by atoms with E-state index in [0.717, 1.165) is 11.3 Å². The number of nitrogens with two attached hydrogens (primary N) is 1. The molecule has 2 aromatic rings. The van der Waals surface area contributed by atoms with Crippen molar-refractivity contribution in [3.63, 3.8) is 0 Å². The lowest BCUT2D eigenvalue weighted by molar-refractivity contribution is -0.122. The lowest BCUT2D eigenvalue weighted by Crippen LogP contribution is -2.39. The Morgan fingerprint density at radius 3 is 2.89 bits per heavy atom. The maximum absolute atomic E-state index is 11.7. The fourth-order valence-corrected chi connectivity index (χ4v) is 1.79. The number of hydrogen-bond acceptors (Lipinski definition) is 3. The van der Waals surface area contributed by atoms with Gasteiger partial charge in [0, 0.05) is 18.9 Å². The molecule has 3 N–H and O–H groups in total. The molecule has 1 heterocycles. The molecule has 0 radical (unpaired) electrons. The van der Waals surface area contributed by atoms with Crippen LogP contribution in [0.5, 0.6) is 0 Å². The van der Waals surface area contributed by atoms with Crippen LogP contribution in [-0.2, 0) is 11.3 Å². The largest absolute Gasteiger partial charge is 0.351 e. The second-order valence-electron chi connectivity index (χ2n) is 4.31. The van der Waals surface area contributed by atoms with Crippen LogP contribution in [0.3, 0.4) is 0 Å². The van der Waals surface area contributed by atoms with E-state index in [1.807, 2.05) is 43.5 Å². The molecule has 0 bridgehead atoms. The summed E-state index contributed by atoms with van der Waals surface area (Å²) < 4.78 is 1.78. The van der Waals surface area contributed by atoms with Crippen LogP contribution in [-0.4, -0.2) is 21.7 Å². The second-order valence-corrected chi connectivity index (χ2v) is 4.31. The highest BCUT2D eigenvalue weighted by Crippen LogP contribution is 2.13. The van der Waals surface area contributed by atoms with Gasteiger partial charge in [0.15, 0.2) is 0 Å². The molecule has 1 aromatic heterocycles. The maximum Gasteiger partial charge on any atom is 0.237 e. The van der Waals surface area contributed by atoms with Gasteiger partial charge in [-0.3, -0.25) is 4.79 Å². The average molecular weight is 258 g/mol. The van der Waals surface area contributed by atoms with Crippen molar-refractivity contribution in [1.29, 1.82) is 0 Å². The Hall–Kier alpha value is -2.14. The highest BCUT2D eigenvalue weighted by atomic mass is 16.2. The SMILES string of the molecule is CCC(N)C(=O)NCc1ccccc1-n1cccn1. The Morgan fingerprint density at radius 2 is 2.21 bits per heavy atom. The molecule has 1 unspecified atom stereocenters. The van der Waals surface area contributed by atoms with Gasteiger partial charge in [0.1, 0.15) is 0 Å². The number of para-hydroxylation sites is 1. The molecule has 1 aromatic carbocycles. The van der Waals surface area contributed by atoms with Gasteiger partial charge >= 0.3 is 0 Å². The van der Waals surface area contributed by atoms with E-state index in [9.17, 15) is 4.79 Å². The molecule has 100 valence electrons. The van der Waals surface area contributed by atoms with Crippen molar-refractivity contribution in [3.05, 3.63) is 48.3 Å². The molecular formula is C14H18N4O. The summed E-state index contributed by atoms with van der Waals surface area (Å²) in [6.07, 6.45) is 4.23. The van der Waals surface area contributed by atoms with E-state index in [0.29, 0.717) is 13.0 Å². The van der Waals surface area contributed by atoms with Gasteiger partial charge in [0.2, 0.25) is 5.91 Å². The predicted molar refractivity (Wildman–Crippen MR) is 73.7 cm³/mol. The highest BCUT2D eigenvalue weighted by Gasteiger charge is 2.11. The van der Waals surface area contributed by atoms with Crippen molar-refractivity contribution in [2.45, 2.75) is 25.9 Å². The monoisotopic (exact) mass is 258 g/mol. The second kappa shape index (κ2) is 6.15. The van der Waals surface area contributed by atoms with E-state index in [2.05, 4.69) is 10.4 Å². The first-order valence-corrected chi connectivity index (χ1v) is 6.33. The van der Waals surface area contributed by atoms with Crippen LogP contribution < -0.4 is 11.1 Å². The van der Waals surface area contributed by atoms with Crippen LogP contribution in [0, 0.1) is 0 Å². The van der Waals surface area contributed by atoms with Crippen LogP contribution in [0.2, 0.25) is 0 Å². The van der Waals surface area contributed by atoms with Gasteiger partial charge in [-0.2, -0.15) is 5.10 Å². The molecule has 5 heteroatoms. The molecule has 2 rings (SSSR count). The molecule has 1 amide bonds. The fourth-order valence-electron chi connectivity index (χ4n) is 1.79. The lowest BCUT2D eigenvalue weighted by Gasteiger charge is -2.13. The Bertz CT molecular complexity index is 536. The summed E-state index contributed by atoms with van der Waals surface area (Å²) in [5.74, 6) is -0.127. The average Bonchev–Trinajstić information content (AvgIpc) is 2.98. The van der Waals surface area contributed by atoms with Crippen LogP contribution >= 0.6 is 0 Å². The Kier molecular flexibility index (Phi) is 4.30. The maximum atomic E-state index is 11.7. The predicted octanol–water partition coefficient (Wildman–Crippen LogP) is 1.23. The normalized spacial score (nSPS) is 12.1. The van der Waals surface area contributed by atoms with E-state index >= 15 is 0 Å². The van der Waals surface area contributed by atoms with E-state index in [-0.39, 0.29) is 5.91 Å². The fraction of sp³-hybridized carbons (Fsp3) is 0.286. The van der Waals surface area contributed by atoms with E-state index in [1.54, 1.807) is 10.9 Å². The van der Waals surface area contributed by atoms with Crippen molar-refractivity contribution in [1.82, 2.24) is 15.1 Å². The van der Waals surface area contributed by atoms with Crippen LogP contribution in [0.1, 0.15) is 18.9 Å². The first-order valence-electron chi connectivity index (χ1n) is 6.33. The van der Waals surface area contributed by atoms with Crippen molar-refractivity contribution in [3.8, 4) is 5.69 Å². The van der Waals surface area contributed by atoms with E-state index in [4.69, 9.17) is 5.73 Å². The molecule has 0 aliphatic heterocycles. The number of nitrogens with one attached hydrogen (secondary N) is 1. The summed E-state index contributed by atoms with van der Waals surface area (Å²) in [5.41, 5.74) is 7.64. The number of rotatable bonds is 5. The van der Waals surface area contributed by atoms with Gasteiger partial charge < -0.3 is 11.1 Å². The number of aromatic nitrogens is 2. The molecule has 19 heavy (non-hydrogen) atoms. The number of benzene rings is 1. The van der Waals surface area contributed by atoms with Crippen LogP contribution in [0.4, 0.5) is 0 Å². The van der Waals surface area contributed by atoms with Gasteiger partial charge in [-0.1, -0.05) is 25.1 Å². The molecule has 0 fully saturated rings. The van der Waals surface area contributed by atoms with E-state index in [1.165, 1.54) is 0 Å². The van der Waals surface area contributed by atoms with Crippen molar-refractivity contribution in [2.24, 2.45) is 5.73 Å². The van der Waals surface area contributed by atoms with Gasteiger partial charge in [-0.15, -0.1) is 0 Å². The topological polar surface area (TPSA) is 72.9 Å². The molecule has 5 nitrogen and oxygen atoms in total. The zero-order chi connectivity index (χ0) is 13.7. The summed E-state index contributed by atoms with van der Waals surface area (Å²) in [7, 11) is 0. The smallest absolute Gasteiger partial charge is 0.237 e. The molecule has 0 aliphatic rings. The summed E-state index contributed by atoms with van der Waals surface area (Å²) in [5, 5.41) is 7.05. The minimum atomic E-state index is -0.447. The first-order chi connectivity index (χ1) is 9.22. The summed E-state index contributed by atoms with van der Waals surface area (Å²) in [6.45, 7) is 2.34. The highest BCUT2D eigenvalue weighted by molar-refractivity contribution is 5.81. The van der Waals surface area contributed by atoms with Crippen molar-refractivity contribution < 1.29 is 4.79 Å². The molecule has 0 aliphatic carbocycles. The molecule has 0 spiro atoms. The third-order valence-electron chi connectivity index (χ3n) is 2.97. The minimum absolute atomic E-state index is 0.127. The Labute approximate surface area is 112 Å². The van der Waals surface area contributed by atoms with Crippen molar-refractivity contribution >= 4 is 5.91 Å². The van der Waals surface area contributed by atoms with Crippen LogP contribution in [0.25, 0.3) is 5.69 Å². The molecule has 1 atom stereocenters. The number of carbonyl (C=O) groups excluding carboxylic acids is 1. The Balaban J connectivity index is 2.11. The van der Waals surface area contributed by atoms with Gasteiger partial charge in [0.05, 0.1) is 11.7 Å². The lowest BCUT2D eigenvalue weighted by atomic mass is 10.1. The van der Waals surface area contributed by atoms with Gasteiger partial charge in [0.25, 0.3) is 0 Å². The molecule has 0 saturated heterocycles. The van der Waals surface area contributed by atoms with Crippen LogP contribution in [0.15, 0.2) is 42.7 Å². The third-order valence-corrected chi connectivity index (χ3v) is 2.97. The Morgan fingerprint density at radius 1 is 1.42 bits per heavy atom. The summed E-state index contributed by atoms with van der Waals surface area (Å²) >= 11 is 0. The summed E-state index contributed by atoms with van der Waals surface area (Å²) in [4.78, 5) is 11.7. The van der Waals surface area contributed by atoms with E-state index < -0.39 is 6.04 Å². The van der Waals surface area contributed by atoms with Gasteiger partial charge in [-0.25, -0.2) is 4.68 Å². The molecular weight excluding hydrogens is 240 g/mol. The molecule has 0 saturated carbocycles. The quantitative estimate of drug-likeness (QED) is 0.847. The number of carbonyl (C=O) groups is 1. The zero-order valence-electron chi connectivity index (χ0n) is 10.9. The number of amides is 1. The first kappa shape index (κ1) is 13.3. The van der Waals surface area contributed by atoms with Crippen molar-refractivity contribution in [2.75, 3.05) is 0 Å². The minimum Gasteiger partial charge on any atom is -0.351 e. The zero-order valence-corrected chi connectivity index (χ0v) is 10.9. The number of hydrogen-bond donors (Lipinski definition) is 2. The standard InChI is InChI=1S/C14H18N4O/c1-2-12(15)14(19)16-10-11-6-3-4-7-13(11)18-9-5-8-17-18/h3-9,12H,2,10,15H2,1H3,(H,16,19). The van der Waals surface area contributed by atoms with Gasteiger partial charge in [-0.05, 0) is 24.1 Å². The third kappa shape index (κ3) is 3.20. The number of nitrogens with zero attached hydrogens (tertiary/aromatic N) is 2. The summed E-state index contributed by atoms with van der Waals surface area (Å²) in [6, 6.07) is 9.23.